The molecule has 110 valence electrons. The number of aryl methyl sites for hydroxylation is 1. The Bertz CT molecular complexity index is 652. The summed E-state index contributed by atoms with van der Waals surface area (Å²) in [7, 11) is 0. The average Bonchev–Trinajstić information content (AvgIpc) is 2.46. The number of carboxylic acids is 1. The largest absolute Gasteiger partial charge is 0.478 e. The number of ether oxygens (including phenoxy) is 1. The number of benzene rings is 1. The first-order valence-electron chi connectivity index (χ1n) is 7.00. The van der Waals surface area contributed by atoms with Crippen LogP contribution in [0.1, 0.15) is 47.8 Å². The van der Waals surface area contributed by atoms with Crippen LogP contribution >= 0.6 is 0 Å². The van der Waals surface area contributed by atoms with E-state index >= 15 is 0 Å². The van der Waals surface area contributed by atoms with E-state index in [4.69, 9.17) is 9.84 Å². The van der Waals surface area contributed by atoms with Crippen LogP contribution in [0.4, 0.5) is 0 Å². The number of pyridine rings is 1. The van der Waals surface area contributed by atoms with Crippen LogP contribution in [-0.2, 0) is 0 Å². The SMILES string of the molecule is CCC(C)c1ccccc1Oc1cc(C(=O)O)cc(C)n1. The Morgan fingerprint density at radius 2 is 2.05 bits per heavy atom. The summed E-state index contributed by atoms with van der Waals surface area (Å²) >= 11 is 0. The van der Waals surface area contributed by atoms with E-state index in [0.29, 0.717) is 17.5 Å². The maximum Gasteiger partial charge on any atom is 0.335 e. The highest BCUT2D eigenvalue weighted by Crippen LogP contribution is 2.31. The first-order chi connectivity index (χ1) is 10.0. The van der Waals surface area contributed by atoms with E-state index in [1.54, 1.807) is 6.92 Å². The quantitative estimate of drug-likeness (QED) is 0.884. The molecule has 0 amide bonds. The van der Waals surface area contributed by atoms with E-state index < -0.39 is 5.97 Å². The first-order valence-corrected chi connectivity index (χ1v) is 7.00. The predicted octanol–water partition coefficient (Wildman–Crippen LogP) is 4.39. The summed E-state index contributed by atoms with van der Waals surface area (Å²) in [5.74, 6) is 0.412. The van der Waals surface area contributed by atoms with E-state index in [-0.39, 0.29) is 5.56 Å². The van der Waals surface area contributed by atoms with Crippen molar-refractivity contribution in [2.24, 2.45) is 0 Å². The number of carbonyl (C=O) groups is 1. The average molecular weight is 285 g/mol. The highest BCUT2D eigenvalue weighted by Gasteiger charge is 2.13. The van der Waals surface area contributed by atoms with Crippen molar-refractivity contribution in [3.05, 3.63) is 53.2 Å². The molecule has 1 aromatic carbocycles. The van der Waals surface area contributed by atoms with E-state index in [1.807, 2.05) is 24.3 Å². The molecule has 0 radical (unpaired) electrons. The van der Waals surface area contributed by atoms with Crippen molar-refractivity contribution in [3.63, 3.8) is 0 Å². The van der Waals surface area contributed by atoms with Crippen molar-refractivity contribution in [1.82, 2.24) is 4.98 Å². The molecule has 0 saturated heterocycles. The molecule has 0 bridgehead atoms. The Labute approximate surface area is 124 Å². The van der Waals surface area contributed by atoms with Gasteiger partial charge in [-0.15, -0.1) is 0 Å². The minimum Gasteiger partial charge on any atom is -0.478 e. The number of carboxylic acid groups (broad SMARTS) is 1. The van der Waals surface area contributed by atoms with Crippen LogP contribution in [0, 0.1) is 6.92 Å². The number of hydrogen-bond donors (Lipinski definition) is 1. The molecule has 21 heavy (non-hydrogen) atoms. The zero-order chi connectivity index (χ0) is 15.4. The van der Waals surface area contributed by atoms with Gasteiger partial charge in [0.05, 0.1) is 5.56 Å². The smallest absolute Gasteiger partial charge is 0.335 e. The summed E-state index contributed by atoms with van der Waals surface area (Å²) in [6.07, 6.45) is 1.00. The first kappa shape index (κ1) is 15.0. The molecule has 4 heteroatoms. The van der Waals surface area contributed by atoms with E-state index in [2.05, 4.69) is 18.8 Å². The van der Waals surface area contributed by atoms with Gasteiger partial charge in [-0.1, -0.05) is 32.0 Å². The van der Waals surface area contributed by atoms with E-state index in [1.165, 1.54) is 12.1 Å². The van der Waals surface area contributed by atoms with Gasteiger partial charge >= 0.3 is 5.97 Å². The van der Waals surface area contributed by atoms with Gasteiger partial charge in [0.25, 0.3) is 0 Å². The fourth-order valence-corrected chi connectivity index (χ4v) is 2.13. The van der Waals surface area contributed by atoms with E-state index in [0.717, 1.165) is 17.7 Å². The lowest BCUT2D eigenvalue weighted by molar-refractivity contribution is 0.0696. The van der Waals surface area contributed by atoms with Gasteiger partial charge in [0.2, 0.25) is 5.88 Å². The number of hydrogen-bond acceptors (Lipinski definition) is 3. The molecule has 1 unspecified atom stereocenters. The minimum atomic E-state index is -0.986. The topological polar surface area (TPSA) is 59.4 Å². The molecule has 2 rings (SSSR count). The summed E-state index contributed by atoms with van der Waals surface area (Å²) in [5, 5.41) is 9.10. The number of rotatable bonds is 5. The van der Waals surface area contributed by atoms with Crippen molar-refractivity contribution in [2.45, 2.75) is 33.1 Å². The highest BCUT2D eigenvalue weighted by atomic mass is 16.5. The van der Waals surface area contributed by atoms with Gasteiger partial charge in [-0.05, 0) is 37.0 Å². The molecule has 0 saturated carbocycles. The van der Waals surface area contributed by atoms with E-state index in [9.17, 15) is 4.79 Å². The van der Waals surface area contributed by atoms with Crippen molar-refractivity contribution in [2.75, 3.05) is 0 Å². The zero-order valence-corrected chi connectivity index (χ0v) is 12.5. The molecule has 1 N–H and O–H groups in total. The van der Waals surface area contributed by atoms with Crippen molar-refractivity contribution in [1.29, 1.82) is 0 Å². The Kier molecular flexibility index (Phi) is 4.58. The van der Waals surface area contributed by atoms with Crippen LogP contribution in [0.5, 0.6) is 11.6 Å². The third-order valence-electron chi connectivity index (χ3n) is 3.45. The zero-order valence-electron chi connectivity index (χ0n) is 12.5. The standard InChI is InChI=1S/C17H19NO3/c1-4-11(2)14-7-5-6-8-15(14)21-16-10-13(17(19)20)9-12(3)18-16/h5-11H,4H2,1-3H3,(H,19,20). The third kappa shape index (κ3) is 3.60. The molecule has 0 aliphatic rings. The molecule has 2 aromatic rings. The lowest BCUT2D eigenvalue weighted by Gasteiger charge is -2.15. The van der Waals surface area contributed by atoms with Crippen LogP contribution < -0.4 is 4.74 Å². The number of para-hydroxylation sites is 1. The summed E-state index contributed by atoms with van der Waals surface area (Å²) in [6, 6.07) is 10.7. The Morgan fingerprint density at radius 3 is 2.71 bits per heavy atom. The van der Waals surface area contributed by atoms with Crippen molar-refractivity contribution in [3.8, 4) is 11.6 Å². The van der Waals surface area contributed by atoms with Crippen LogP contribution in [0.2, 0.25) is 0 Å². The monoisotopic (exact) mass is 285 g/mol. The highest BCUT2D eigenvalue weighted by molar-refractivity contribution is 5.88. The van der Waals surface area contributed by atoms with Crippen LogP contribution in [0.3, 0.4) is 0 Å². The van der Waals surface area contributed by atoms with Gasteiger partial charge in [0.15, 0.2) is 0 Å². The number of nitrogens with zero attached hydrogens (tertiary/aromatic N) is 1. The molecule has 0 aliphatic heterocycles. The van der Waals surface area contributed by atoms with Gasteiger partial charge in [0, 0.05) is 11.8 Å². The molecule has 4 nitrogen and oxygen atoms in total. The molecule has 0 aliphatic carbocycles. The second kappa shape index (κ2) is 6.39. The summed E-state index contributed by atoms with van der Waals surface area (Å²) < 4.78 is 5.83. The molecule has 0 fully saturated rings. The second-order valence-corrected chi connectivity index (χ2v) is 5.09. The Morgan fingerprint density at radius 1 is 1.33 bits per heavy atom. The molecule has 1 heterocycles. The Hall–Kier alpha value is -2.36. The van der Waals surface area contributed by atoms with Gasteiger partial charge in [-0.2, -0.15) is 0 Å². The van der Waals surface area contributed by atoms with Crippen LogP contribution in [0.15, 0.2) is 36.4 Å². The molecule has 1 aromatic heterocycles. The maximum atomic E-state index is 11.1. The third-order valence-corrected chi connectivity index (χ3v) is 3.45. The van der Waals surface area contributed by atoms with Gasteiger partial charge in [-0.25, -0.2) is 9.78 Å². The number of aromatic carboxylic acids is 1. The van der Waals surface area contributed by atoms with Crippen LogP contribution in [0.25, 0.3) is 0 Å². The minimum absolute atomic E-state index is 0.179. The number of aromatic nitrogens is 1. The summed E-state index contributed by atoms with van der Waals surface area (Å²) in [6.45, 7) is 6.00. The van der Waals surface area contributed by atoms with Gasteiger partial charge < -0.3 is 9.84 Å². The molecular formula is C17H19NO3. The van der Waals surface area contributed by atoms with Crippen LogP contribution in [-0.4, -0.2) is 16.1 Å². The predicted molar refractivity (Wildman–Crippen MR) is 81.2 cm³/mol. The summed E-state index contributed by atoms with van der Waals surface area (Å²) in [4.78, 5) is 15.3. The lowest BCUT2D eigenvalue weighted by Crippen LogP contribution is -2.01. The second-order valence-electron chi connectivity index (χ2n) is 5.09. The van der Waals surface area contributed by atoms with Crippen molar-refractivity contribution < 1.29 is 14.6 Å². The van der Waals surface area contributed by atoms with Crippen molar-refractivity contribution >= 4 is 5.97 Å². The van der Waals surface area contributed by atoms with Gasteiger partial charge in [-0.3, -0.25) is 0 Å². The lowest BCUT2D eigenvalue weighted by atomic mass is 9.98. The molecule has 0 spiro atoms. The molecular weight excluding hydrogens is 266 g/mol. The fraction of sp³-hybridized carbons (Fsp3) is 0.294. The maximum absolute atomic E-state index is 11.1. The normalized spacial score (nSPS) is 12.0. The van der Waals surface area contributed by atoms with Gasteiger partial charge in [0.1, 0.15) is 5.75 Å². The fourth-order valence-electron chi connectivity index (χ4n) is 2.13. The molecule has 1 atom stereocenters. The summed E-state index contributed by atoms with van der Waals surface area (Å²) in [5.41, 5.74) is 1.89. The Balaban J connectivity index is 2.36.